The lowest BCUT2D eigenvalue weighted by Crippen LogP contribution is -2.49. The molecule has 0 spiro atoms. The van der Waals surface area contributed by atoms with Crippen LogP contribution in [0, 0.1) is 0 Å². The van der Waals surface area contributed by atoms with Crippen LogP contribution < -0.4 is 11.5 Å². The molecule has 0 aliphatic rings. The Morgan fingerprint density at radius 1 is 1.75 bits per heavy atom. The van der Waals surface area contributed by atoms with Crippen LogP contribution in [0.3, 0.4) is 0 Å². The van der Waals surface area contributed by atoms with E-state index in [1.54, 1.807) is 0 Å². The summed E-state index contributed by atoms with van der Waals surface area (Å²) in [6.07, 6.45) is 2.62. The number of halogens is 1. The Labute approximate surface area is 70.4 Å². The Morgan fingerprint density at radius 2 is 2.33 bits per heavy atom. The molecule has 5 heteroatoms. The monoisotopic (exact) mass is 176 g/mol. The first-order chi connectivity index (χ1) is 5.60. The molecule has 1 atom stereocenters. The van der Waals surface area contributed by atoms with Gasteiger partial charge in [0.15, 0.2) is 5.54 Å². The first kappa shape index (κ1) is 11.1. The molecule has 0 fully saturated rings. The van der Waals surface area contributed by atoms with E-state index in [-0.39, 0.29) is 6.54 Å². The van der Waals surface area contributed by atoms with E-state index in [0.29, 0.717) is 0 Å². The quantitative estimate of drug-likeness (QED) is 0.440. The van der Waals surface area contributed by atoms with Crippen LogP contribution in [0.5, 0.6) is 0 Å². The summed E-state index contributed by atoms with van der Waals surface area (Å²) in [5.74, 6) is -0.810. The van der Waals surface area contributed by atoms with Crippen molar-refractivity contribution in [2.75, 3.05) is 20.3 Å². The lowest BCUT2D eigenvalue weighted by molar-refractivity contribution is -0.145. The number of esters is 1. The number of nitrogens with two attached hydrogens (primary N) is 2. The molecule has 0 aromatic rings. The Hall–Kier alpha value is -0.940. The van der Waals surface area contributed by atoms with Gasteiger partial charge in [-0.2, -0.15) is 0 Å². The van der Waals surface area contributed by atoms with E-state index in [0.717, 1.165) is 7.11 Å². The summed E-state index contributed by atoms with van der Waals surface area (Å²) in [4.78, 5) is 10.9. The molecule has 4 N–H and O–H groups in total. The highest BCUT2D eigenvalue weighted by Gasteiger charge is 2.32. The minimum absolute atomic E-state index is 0.204. The van der Waals surface area contributed by atoms with E-state index in [2.05, 4.69) is 4.74 Å². The van der Waals surface area contributed by atoms with Gasteiger partial charge in [0.05, 0.1) is 7.11 Å². The van der Waals surface area contributed by atoms with Crippen LogP contribution >= 0.6 is 0 Å². The second-order valence-corrected chi connectivity index (χ2v) is 2.30. The van der Waals surface area contributed by atoms with Crippen LogP contribution in [0.1, 0.15) is 0 Å². The third kappa shape index (κ3) is 2.60. The number of methoxy groups -OCH3 is 1. The number of rotatable bonds is 4. The molecule has 12 heavy (non-hydrogen) atoms. The van der Waals surface area contributed by atoms with Crippen molar-refractivity contribution in [1.29, 1.82) is 0 Å². The predicted octanol–water partition coefficient (Wildman–Crippen LogP) is -0.659. The molecular weight excluding hydrogens is 163 g/mol. The van der Waals surface area contributed by atoms with Gasteiger partial charge in [-0.1, -0.05) is 12.2 Å². The molecule has 0 bridgehead atoms. The molecule has 1 unspecified atom stereocenters. The largest absolute Gasteiger partial charge is 0.467 e. The van der Waals surface area contributed by atoms with Gasteiger partial charge in [-0.15, -0.1) is 0 Å². The zero-order chi connectivity index (χ0) is 9.61. The second-order valence-electron chi connectivity index (χ2n) is 2.30. The summed E-state index contributed by atoms with van der Waals surface area (Å²) in [5.41, 5.74) is 8.77. The van der Waals surface area contributed by atoms with Crippen molar-refractivity contribution in [2.45, 2.75) is 5.54 Å². The number of hydrogen-bond donors (Lipinski definition) is 2. The number of hydrogen-bond acceptors (Lipinski definition) is 4. The average molecular weight is 176 g/mol. The topological polar surface area (TPSA) is 78.3 Å². The fourth-order valence-electron chi connectivity index (χ4n) is 0.636. The van der Waals surface area contributed by atoms with E-state index >= 15 is 0 Å². The molecule has 70 valence electrons. The van der Waals surface area contributed by atoms with Gasteiger partial charge >= 0.3 is 5.97 Å². The van der Waals surface area contributed by atoms with Crippen LogP contribution in [0.2, 0.25) is 0 Å². The lowest BCUT2D eigenvalue weighted by Gasteiger charge is -2.18. The minimum Gasteiger partial charge on any atom is -0.467 e. The number of ether oxygens (including phenoxy) is 1. The van der Waals surface area contributed by atoms with Crippen molar-refractivity contribution in [2.24, 2.45) is 11.5 Å². The van der Waals surface area contributed by atoms with Crippen molar-refractivity contribution in [3.63, 3.8) is 0 Å². The van der Waals surface area contributed by atoms with E-state index in [9.17, 15) is 9.18 Å². The molecule has 0 radical (unpaired) electrons. The van der Waals surface area contributed by atoms with Gasteiger partial charge in [-0.05, 0) is 0 Å². The van der Waals surface area contributed by atoms with E-state index in [1.165, 1.54) is 12.2 Å². The average Bonchev–Trinajstić information content (AvgIpc) is 2.12. The van der Waals surface area contributed by atoms with Gasteiger partial charge in [0, 0.05) is 6.54 Å². The van der Waals surface area contributed by atoms with Gasteiger partial charge < -0.3 is 16.2 Å². The molecule has 0 amide bonds. The molecular formula is C7H13FN2O2. The third-order valence-corrected chi connectivity index (χ3v) is 1.34. The summed E-state index contributed by atoms with van der Waals surface area (Å²) in [6, 6.07) is 0. The van der Waals surface area contributed by atoms with Crippen LogP contribution in [0.15, 0.2) is 12.2 Å². The predicted molar refractivity (Wildman–Crippen MR) is 43.1 cm³/mol. The number of carbonyl (C=O) groups is 1. The Balaban J connectivity index is 4.44. The van der Waals surface area contributed by atoms with Gasteiger partial charge in [-0.25, -0.2) is 9.18 Å². The van der Waals surface area contributed by atoms with Crippen LogP contribution in [0.25, 0.3) is 0 Å². The fraction of sp³-hybridized carbons (Fsp3) is 0.571. The van der Waals surface area contributed by atoms with Crippen LogP contribution in [-0.2, 0) is 9.53 Å². The van der Waals surface area contributed by atoms with Gasteiger partial charge in [-0.3, -0.25) is 0 Å². The van der Waals surface area contributed by atoms with Crippen molar-refractivity contribution >= 4 is 5.97 Å². The third-order valence-electron chi connectivity index (χ3n) is 1.34. The molecule has 0 aromatic heterocycles. The SMILES string of the molecule is COC(=O)C(N)(/C=C/CN)CF. The minimum atomic E-state index is -1.69. The normalized spacial score (nSPS) is 16.0. The summed E-state index contributed by atoms with van der Waals surface area (Å²) < 4.78 is 16.6. The van der Waals surface area contributed by atoms with Gasteiger partial charge in [0.25, 0.3) is 0 Å². The van der Waals surface area contributed by atoms with E-state index in [1.807, 2.05) is 0 Å². The summed E-state index contributed by atoms with van der Waals surface area (Å²) in [7, 11) is 1.15. The second kappa shape index (κ2) is 4.84. The molecule has 0 saturated carbocycles. The summed E-state index contributed by atoms with van der Waals surface area (Å²) >= 11 is 0. The Kier molecular flexibility index (Phi) is 4.46. The van der Waals surface area contributed by atoms with Crippen molar-refractivity contribution in [3.05, 3.63) is 12.2 Å². The number of carbonyl (C=O) groups excluding carboxylic acids is 1. The van der Waals surface area contributed by atoms with Crippen molar-refractivity contribution < 1.29 is 13.9 Å². The lowest BCUT2D eigenvalue weighted by atomic mass is 10.0. The maximum atomic E-state index is 12.3. The first-order valence-electron chi connectivity index (χ1n) is 3.41. The van der Waals surface area contributed by atoms with Crippen LogP contribution in [-0.4, -0.2) is 31.8 Å². The maximum absolute atomic E-state index is 12.3. The van der Waals surface area contributed by atoms with Crippen molar-refractivity contribution in [3.8, 4) is 0 Å². The number of alkyl halides is 1. The van der Waals surface area contributed by atoms with Gasteiger partial charge in [0.2, 0.25) is 0 Å². The van der Waals surface area contributed by atoms with Gasteiger partial charge in [0.1, 0.15) is 6.67 Å². The highest BCUT2D eigenvalue weighted by atomic mass is 19.1. The zero-order valence-corrected chi connectivity index (χ0v) is 6.92. The maximum Gasteiger partial charge on any atom is 0.332 e. The highest BCUT2D eigenvalue weighted by molar-refractivity contribution is 5.83. The standard InChI is InChI=1S/C7H13FN2O2/c1-12-6(11)7(10,5-8)3-2-4-9/h2-3H,4-5,9-10H2,1H3/b3-2+. The smallest absolute Gasteiger partial charge is 0.332 e. The molecule has 4 nitrogen and oxygen atoms in total. The first-order valence-corrected chi connectivity index (χ1v) is 3.41. The zero-order valence-electron chi connectivity index (χ0n) is 6.92. The highest BCUT2D eigenvalue weighted by Crippen LogP contribution is 2.05. The van der Waals surface area contributed by atoms with Crippen molar-refractivity contribution in [1.82, 2.24) is 0 Å². The molecule has 0 saturated heterocycles. The van der Waals surface area contributed by atoms with E-state index < -0.39 is 18.2 Å². The molecule has 0 aromatic carbocycles. The molecule has 0 rings (SSSR count). The van der Waals surface area contributed by atoms with E-state index in [4.69, 9.17) is 11.5 Å². The Bertz CT molecular complexity index is 184. The van der Waals surface area contributed by atoms with Crippen LogP contribution in [0.4, 0.5) is 4.39 Å². The summed E-state index contributed by atoms with van der Waals surface area (Å²) in [6.45, 7) is -0.799. The fourth-order valence-corrected chi connectivity index (χ4v) is 0.636. The summed E-state index contributed by atoms with van der Waals surface area (Å²) in [5, 5.41) is 0. The molecule has 0 aliphatic carbocycles. The molecule has 0 aliphatic heterocycles. The Morgan fingerprint density at radius 3 is 2.67 bits per heavy atom. The molecule has 0 heterocycles.